The summed E-state index contributed by atoms with van der Waals surface area (Å²) in [5, 5.41) is 3.70. The van der Waals surface area contributed by atoms with Gasteiger partial charge in [0.1, 0.15) is 5.82 Å². The lowest BCUT2D eigenvalue weighted by Crippen LogP contribution is -2.00. The molecule has 0 saturated carbocycles. The topological polar surface area (TPSA) is 43.6 Å². The molecule has 0 aliphatic heterocycles. The summed E-state index contributed by atoms with van der Waals surface area (Å²) in [7, 11) is 0. The summed E-state index contributed by atoms with van der Waals surface area (Å²) in [4.78, 5) is 14.2. The number of hydrogen-bond acceptors (Lipinski definition) is 4. The number of thiophene rings is 1. The Morgan fingerprint density at radius 1 is 0.730 bits per heavy atom. The Hall–Kier alpha value is -4.35. The lowest BCUT2D eigenvalue weighted by molar-refractivity contribution is 1.04. The molecule has 0 aliphatic carbocycles. The first-order valence-corrected chi connectivity index (χ1v) is 13.3. The van der Waals surface area contributed by atoms with Crippen molar-refractivity contribution < 1.29 is 0 Å². The quantitative estimate of drug-likeness (QED) is 0.222. The molecule has 0 amide bonds. The van der Waals surface area contributed by atoms with Crippen molar-refractivity contribution >= 4 is 53.4 Å². The predicted molar refractivity (Wildman–Crippen MR) is 160 cm³/mol. The molecule has 0 saturated heterocycles. The van der Waals surface area contributed by atoms with E-state index >= 15 is 0 Å². The SMILES string of the molecule is C=CC.CC.c1ccc(-c2nccc(-n3c4cc5sc6ccccc6c5cc4c4ncccc43)n2)cc1. The second kappa shape index (κ2) is 10.7. The Morgan fingerprint density at radius 3 is 2.30 bits per heavy atom. The van der Waals surface area contributed by atoms with E-state index in [9.17, 15) is 0 Å². The van der Waals surface area contributed by atoms with E-state index in [1.54, 1.807) is 6.08 Å². The van der Waals surface area contributed by atoms with E-state index in [4.69, 9.17) is 9.97 Å². The summed E-state index contributed by atoms with van der Waals surface area (Å²) < 4.78 is 4.77. The van der Waals surface area contributed by atoms with Crippen LogP contribution >= 0.6 is 11.3 Å². The molecular weight excluding hydrogens is 472 g/mol. The number of aromatic nitrogens is 4. The molecule has 3 aromatic carbocycles. The average molecular weight is 501 g/mol. The maximum Gasteiger partial charge on any atom is 0.161 e. The van der Waals surface area contributed by atoms with Gasteiger partial charge in [0, 0.05) is 43.5 Å². The van der Waals surface area contributed by atoms with Crippen LogP contribution in [0.25, 0.3) is 59.3 Å². The van der Waals surface area contributed by atoms with Gasteiger partial charge in [0.15, 0.2) is 5.82 Å². The van der Waals surface area contributed by atoms with Crippen LogP contribution in [0.1, 0.15) is 20.8 Å². The molecule has 7 aromatic rings. The number of pyridine rings is 1. The number of nitrogens with zero attached hydrogens (tertiary/aromatic N) is 4. The van der Waals surface area contributed by atoms with Gasteiger partial charge in [-0.25, -0.2) is 9.97 Å². The first-order valence-electron chi connectivity index (χ1n) is 12.4. The Bertz CT molecular complexity index is 1830. The molecule has 0 aliphatic rings. The first-order chi connectivity index (χ1) is 18.3. The van der Waals surface area contributed by atoms with Crippen LogP contribution in [0, 0.1) is 0 Å². The molecule has 4 aromatic heterocycles. The molecule has 0 spiro atoms. The minimum Gasteiger partial charge on any atom is -0.292 e. The zero-order valence-corrected chi connectivity index (χ0v) is 22.0. The third-order valence-corrected chi connectivity index (χ3v) is 7.05. The minimum atomic E-state index is 0.713. The summed E-state index contributed by atoms with van der Waals surface area (Å²) >= 11 is 1.82. The fourth-order valence-corrected chi connectivity index (χ4v) is 5.62. The highest BCUT2D eigenvalue weighted by Gasteiger charge is 2.17. The van der Waals surface area contributed by atoms with Crippen LogP contribution in [-0.4, -0.2) is 19.5 Å². The molecule has 7 rings (SSSR count). The van der Waals surface area contributed by atoms with E-state index in [0.29, 0.717) is 5.82 Å². The van der Waals surface area contributed by atoms with Crippen LogP contribution in [-0.2, 0) is 0 Å². The van der Waals surface area contributed by atoms with Gasteiger partial charge in [-0.2, -0.15) is 0 Å². The number of fused-ring (bicyclic) bond motifs is 6. The highest BCUT2D eigenvalue weighted by molar-refractivity contribution is 7.25. The largest absolute Gasteiger partial charge is 0.292 e. The smallest absolute Gasteiger partial charge is 0.161 e. The van der Waals surface area contributed by atoms with Crippen molar-refractivity contribution in [2.24, 2.45) is 0 Å². The fraction of sp³-hybridized carbons (Fsp3) is 0.0938. The lowest BCUT2D eigenvalue weighted by Gasteiger charge is -2.08. The van der Waals surface area contributed by atoms with E-state index in [0.717, 1.165) is 33.3 Å². The van der Waals surface area contributed by atoms with Crippen molar-refractivity contribution in [1.82, 2.24) is 19.5 Å². The number of benzene rings is 3. The second-order valence-electron chi connectivity index (χ2n) is 8.18. The Labute approximate surface area is 220 Å². The van der Waals surface area contributed by atoms with Crippen LogP contribution in [0.5, 0.6) is 0 Å². The minimum absolute atomic E-state index is 0.713. The molecule has 182 valence electrons. The summed E-state index contributed by atoms with van der Waals surface area (Å²) in [6, 6.07) is 29.3. The highest BCUT2D eigenvalue weighted by atomic mass is 32.1. The summed E-state index contributed by atoms with van der Waals surface area (Å²) in [5.41, 5.74) is 4.14. The first kappa shape index (κ1) is 24.3. The van der Waals surface area contributed by atoms with Gasteiger partial charge in [-0.05, 0) is 43.3 Å². The van der Waals surface area contributed by atoms with Gasteiger partial charge in [-0.15, -0.1) is 17.9 Å². The predicted octanol–water partition coefficient (Wildman–Crippen LogP) is 9.22. The molecule has 0 N–H and O–H groups in total. The van der Waals surface area contributed by atoms with Crippen LogP contribution in [0.4, 0.5) is 0 Å². The van der Waals surface area contributed by atoms with Crippen molar-refractivity contribution in [1.29, 1.82) is 0 Å². The van der Waals surface area contributed by atoms with Crippen LogP contribution in [0.3, 0.4) is 0 Å². The van der Waals surface area contributed by atoms with Crippen LogP contribution in [0.15, 0.2) is 110 Å². The highest BCUT2D eigenvalue weighted by Crippen LogP contribution is 2.39. The number of allylic oxidation sites excluding steroid dienone is 1. The van der Waals surface area contributed by atoms with Crippen molar-refractivity contribution in [3.63, 3.8) is 0 Å². The Kier molecular flexibility index (Phi) is 7.06. The van der Waals surface area contributed by atoms with E-state index in [1.165, 1.54) is 20.2 Å². The lowest BCUT2D eigenvalue weighted by atomic mass is 10.1. The Morgan fingerprint density at radius 2 is 1.49 bits per heavy atom. The van der Waals surface area contributed by atoms with E-state index in [1.807, 2.05) is 87.0 Å². The second-order valence-corrected chi connectivity index (χ2v) is 9.27. The molecule has 0 atom stereocenters. The maximum atomic E-state index is 4.94. The van der Waals surface area contributed by atoms with Gasteiger partial charge < -0.3 is 0 Å². The molecule has 0 unspecified atom stereocenters. The standard InChI is InChI=1S/C27H16N4S.C3H6.C2H6/c1-2-7-17(8-3-1)27-29-14-12-25(30-27)31-21-10-6-13-28-26(21)20-15-19-18-9-4-5-11-23(18)32-24(19)16-22(20)31;1-3-2;1-2/h1-16H;3H,1H2,2H3;1-2H3. The third-order valence-electron chi connectivity index (χ3n) is 5.92. The van der Waals surface area contributed by atoms with Crippen molar-refractivity contribution in [3.8, 4) is 17.2 Å². The molecule has 37 heavy (non-hydrogen) atoms. The van der Waals surface area contributed by atoms with Gasteiger partial charge in [0.25, 0.3) is 0 Å². The zero-order valence-electron chi connectivity index (χ0n) is 21.2. The number of rotatable bonds is 2. The monoisotopic (exact) mass is 500 g/mol. The molecule has 4 heterocycles. The third kappa shape index (κ3) is 4.39. The van der Waals surface area contributed by atoms with Gasteiger partial charge in [-0.1, -0.05) is 68.5 Å². The van der Waals surface area contributed by atoms with E-state index < -0.39 is 0 Å². The van der Waals surface area contributed by atoms with Gasteiger partial charge in [0.05, 0.1) is 16.6 Å². The van der Waals surface area contributed by atoms with E-state index in [-0.39, 0.29) is 0 Å². The zero-order chi connectivity index (χ0) is 25.8. The van der Waals surface area contributed by atoms with Crippen LogP contribution in [0.2, 0.25) is 0 Å². The van der Waals surface area contributed by atoms with Gasteiger partial charge in [-0.3, -0.25) is 9.55 Å². The maximum absolute atomic E-state index is 4.94. The molecular formula is C32H28N4S. The number of hydrogen-bond donors (Lipinski definition) is 0. The molecule has 0 fully saturated rings. The van der Waals surface area contributed by atoms with Crippen molar-refractivity contribution in [2.45, 2.75) is 20.8 Å². The van der Waals surface area contributed by atoms with Gasteiger partial charge >= 0.3 is 0 Å². The average Bonchev–Trinajstić information content (AvgIpc) is 3.49. The summed E-state index contributed by atoms with van der Waals surface area (Å²) in [5.74, 6) is 1.55. The van der Waals surface area contributed by atoms with Crippen molar-refractivity contribution in [3.05, 3.63) is 110 Å². The molecule has 4 nitrogen and oxygen atoms in total. The van der Waals surface area contributed by atoms with E-state index in [2.05, 4.69) is 58.6 Å². The normalized spacial score (nSPS) is 10.7. The molecule has 0 bridgehead atoms. The van der Waals surface area contributed by atoms with Crippen molar-refractivity contribution in [2.75, 3.05) is 0 Å². The molecule has 0 radical (unpaired) electrons. The molecule has 5 heteroatoms. The van der Waals surface area contributed by atoms with Crippen LogP contribution < -0.4 is 0 Å². The summed E-state index contributed by atoms with van der Waals surface area (Å²) in [6.07, 6.45) is 5.44. The van der Waals surface area contributed by atoms with Gasteiger partial charge in [0.2, 0.25) is 0 Å². The Balaban J connectivity index is 0.000000525. The summed E-state index contributed by atoms with van der Waals surface area (Å²) in [6.45, 7) is 9.25. The fourth-order valence-electron chi connectivity index (χ4n) is 4.50.